The normalized spacial score (nSPS) is 11.0. The van der Waals surface area contributed by atoms with Crippen LogP contribution in [0.3, 0.4) is 0 Å². The minimum atomic E-state index is -0.0283. The Morgan fingerprint density at radius 3 is 2.48 bits per heavy atom. The van der Waals surface area contributed by atoms with Crippen molar-refractivity contribution in [1.29, 1.82) is 0 Å². The van der Waals surface area contributed by atoms with Gasteiger partial charge in [-0.1, -0.05) is 41.4 Å². The van der Waals surface area contributed by atoms with Crippen molar-refractivity contribution in [2.45, 2.75) is 13.5 Å². The van der Waals surface area contributed by atoms with Gasteiger partial charge in [0.25, 0.3) is 0 Å². The van der Waals surface area contributed by atoms with Gasteiger partial charge < -0.3 is 4.90 Å². The number of carbonyl (C=O) groups is 1. The third-order valence-corrected chi connectivity index (χ3v) is 3.87. The fourth-order valence-corrected chi connectivity index (χ4v) is 2.47. The molecule has 0 radical (unpaired) electrons. The maximum atomic E-state index is 12.2. The van der Waals surface area contributed by atoms with Gasteiger partial charge in [-0.3, -0.25) is 9.36 Å². The summed E-state index contributed by atoms with van der Waals surface area (Å²) in [7, 11) is 3.46. The first-order valence-electron chi connectivity index (χ1n) is 7.25. The standard InChI is InChI=1S/C17H17ClN4O/c1-11-4-6-12(7-5-11)16-19-13-8-9-14(18)20-17(13)22(16)10-15(23)21(2)3/h4-9H,10H2,1-3H3. The molecule has 0 atom stereocenters. The van der Waals surface area contributed by atoms with Crippen LogP contribution in [0.1, 0.15) is 5.56 Å². The first kappa shape index (κ1) is 15.5. The maximum absolute atomic E-state index is 12.2. The van der Waals surface area contributed by atoms with E-state index in [1.807, 2.05) is 41.8 Å². The summed E-state index contributed by atoms with van der Waals surface area (Å²) < 4.78 is 1.81. The van der Waals surface area contributed by atoms with Gasteiger partial charge in [0, 0.05) is 19.7 Å². The number of amides is 1. The van der Waals surface area contributed by atoms with Gasteiger partial charge in [-0.2, -0.15) is 0 Å². The number of nitrogens with zero attached hydrogens (tertiary/aromatic N) is 4. The Labute approximate surface area is 139 Å². The van der Waals surface area contributed by atoms with Gasteiger partial charge in [0.2, 0.25) is 5.91 Å². The topological polar surface area (TPSA) is 51.0 Å². The summed E-state index contributed by atoms with van der Waals surface area (Å²) in [6, 6.07) is 11.6. The molecule has 0 aliphatic rings. The van der Waals surface area contributed by atoms with Crippen LogP contribution in [0.4, 0.5) is 0 Å². The number of halogens is 1. The molecule has 118 valence electrons. The number of likely N-dealkylation sites (N-methyl/N-ethyl adjacent to an activating group) is 1. The van der Waals surface area contributed by atoms with Crippen molar-refractivity contribution in [1.82, 2.24) is 19.4 Å². The zero-order valence-corrected chi connectivity index (χ0v) is 14.0. The van der Waals surface area contributed by atoms with Crippen LogP contribution in [0.5, 0.6) is 0 Å². The first-order valence-corrected chi connectivity index (χ1v) is 7.63. The van der Waals surface area contributed by atoms with Crippen molar-refractivity contribution < 1.29 is 4.79 Å². The largest absolute Gasteiger partial charge is 0.347 e. The van der Waals surface area contributed by atoms with Crippen molar-refractivity contribution in [2.24, 2.45) is 0 Å². The highest BCUT2D eigenvalue weighted by molar-refractivity contribution is 6.29. The summed E-state index contributed by atoms with van der Waals surface area (Å²) in [4.78, 5) is 22.7. The third kappa shape index (κ3) is 3.05. The molecule has 6 heteroatoms. The molecule has 0 aliphatic carbocycles. The molecule has 1 aromatic carbocycles. The SMILES string of the molecule is Cc1ccc(-c2nc3ccc(Cl)nc3n2CC(=O)N(C)C)cc1. The van der Waals surface area contributed by atoms with E-state index in [9.17, 15) is 4.79 Å². The van der Waals surface area contributed by atoms with Crippen LogP contribution < -0.4 is 0 Å². The average Bonchev–Trinajstić information content (AvgIpc) is 2.86. The Balaban J connectivity index is 2.19. The molecular formula is C17H17ClN4O. The molecule has 0 aliphatic heterocycles. The van der Waals surface area contributed by atoms with Crippen molar-refractivity contribution in [3.63, 3.8) is 0 Å². The molecule has 0 saturated heterocycles. The minimum Gasteiger partial charge on any atom is -0.347 e. The second kappa shape index (κ2) is 6.01. The number of hydrogen-bond donors (Lipinski definition) is 0. The number of aromatic nitrogens is 3. The molecule has 1 amide bonds. The Morgan fingerprint density at radius 1 is 1.13 bits per heavy atom. The predicted molar refractivity (Wildman–Crippen MR) is 91.4 cm³/mol. The molecule has 2 aromatic heterocycles. The minimum absolute atomic E-state index is 0.0283. The van der Waals surface area contributed by atoms with Gasteiger partial charge in [-0.15, -0.1) is 0 Å². The molecule has 0 saturated carbocycles. The third-order valence-electron chi connectivity index (χ3n) is 3.66. The van der Waals surface area contributed by atoms with E-state index in [0.717, 1.165) is 11.1 Å². The predicted octanol–water partition coefficient (Wildman–Crippen LogP) is 3.15. The number of fused-ring (bicyclic) bond motifs is 1. The van der Waals surface area contributed by atoms with Crippen molar-refractivity contribution in [2.75, 3.05) is 14.1 Å². The fraction of sp³-hybridized carbons (Fsp3) is 0.235. The summed E-state index contributed by atoms with van der Waals surface area (Å²) in [6.07, 6.45) is 0. The van der Waals surface area contributed by atoms with E-state index in [0.29, 0.717) is 16.6 Å². The number of imidazole rings is 1. The van der Waals surface area contributed by atoms with E-state index in [4.69, 9.17) is 11.6 Å². The molecule has 5 nitrogen and oxygen atoms in total. The zero-order valence-electron chi connectivity index (χ0n) is 13.2. The summed E-state index contributed by atoms with van der Waals surface area (Å²) in [5, 5.41) is 0.381. The van der Waals surface area contributed by atoms with Crippen LogP contribution >= 0.6 is 11.6 Å². The molecule has 0 spiro atoms. The van der Waals surface area contributed by atoms with E-state index in [2.05, 4.69) is 9.97 Å². The van der Waals surface area contributed by atoms with Crippen molar-refractivity contribution in [3.05, 3.63) is 47.1 Å². The van der Waals surface area contributed by atoms with Crippen LogP contribution in [0.25, 0.3) is 22.6 Å². The number of rotatable bonds is 3. The number of hydrogen-bond acceptors (Lipinski definition) is 3. The number of carbonyl (C=O) groups excluding carboxylic acids is 1. The molecule has 0 fully saturated rings. The van der Waals surface area contributed by atoms with Crippen LogP contribution in [-0.4, -0.2) is 39.4 Å². The van der Waals surface area contributed by atoms with Gasteiger partial charge in [-0.05, 0) is 19.1 Å². The molecule has 3 rings (SSSR count). The van der Waals surface area contributed by atoms with Gasteiger partial charge >= 0.3 is 0 Å². The number of pyridine rings is 1. The van der Waals surface area contributed by atoms with Crippen molar-refractivity contribution >= 4 is 28.7 Å². The van der Waals surface area contributed by atoms with E-state index in [1.54, 1.807) is 25.1 Å². The van der Waals surface area contributed by atoms with Crippen molar-refractivity contribution in [3.8, 4) is 11.4 Å². The molecule has 2 heterocycles. The highest BCUT2D eigenvalue weighted by Gasteiger charge is 2.17. The second-order valence-corrected chi connectivity index (χ2v) is 6.04. The van der Waals surface area contributed by atoms with Crippen LogP contribution in [0.2, 0.25) is 5.15 Å². The summed E-state index contributed by atoms with van der Waals surface area (Å²) >= 11 is 6.02. The van der Waals surface area contributed by atoms with E-state index < -0.39 is 0 Å². The lowest BCUT2D eigenvalue weighted by atomic mass is 10.1. The maximum Gasteiger partial charge on any atom is 0.242 e. The number of aryl methyl sites for hydroxylation is 1. The Hall–Kier alpha value is -2.40. The lowest BCUT2D eigenvalue weighted by molar-refractivity contribution is -0.129. The Bertz CT molecular complexity index is 868. The first-order chi connectivity index (χ1) is 11.0. The molecule has 0 N–H and O–H groups in total. The molecule has 0 bridgehead atoms. The molecule has 3 aromatic rings. The number of benzene rings is 1. The monoisotopic (exact) mass is 328 g/mol. The lowest BCUT2D eigenvalue weighted by Crippen LogP contribution is -2.26. The molecule has 23 heavy (non-hydrogen) atoms. The highest BCUT2D eigenvalue weighted by Crippen LogP contribution is 2.25. The van der Waals surface area contributed by atoms with E-state index >= 15 is 0 Å². The molecule has 0 unspecified atom stereocenters. The Kier molecular flexibility index (Phi) is 4.05. The average molecular weight is 329 g/mol. The summed E-state index contributed by atoms with van der Waals surface area (Å²) in [5.41, 5.74) is 3.44. The summed E-state index contributed by atoms with van der Waals surface area (Å²) in [5.74, 6) is 0.685. The quantitative estimate of drug-likeness (QED) is 0.694. The fourth-order valence-electron chi connectivity index (χ4n) is 2.33. The molecular weight excluding hydrogens is 312 g/mol. The smallest absolute Gasteiger partial charge is 0.242 e. The van der Waals surface area contributed by atoms with Crippen LogP contribution in [0, 0.1) is 6.92 Å². The highest BCUT2D eigenvalue weighted by atomic mass is 35.5. The van der Waals surface area contributed by atoms with E-state index in [-0.39, 0.29) is 12.5 Å². The zero-order chi connectivity index (χ0) is 16.6. The Morgan fingerprint density at radius 2 is 1.83 bits per heavy atom. The second-order valence-electron chi connectivity index (χ2n) is 5.65. The van der Waals surface area contributed by atoms with Gasteiger partial charge in [-0.25, -0.2) is 9.97 Å². The van der Waals surface area contributed by atoms with Crippen LogP contribution in [0.15, 0.2) is 36.4 Å². The summed E-state index contributed by atoms with van der Waals surface area (Å²) in [6.45, 7) is 2.20. The lowest BCUT2D eigenvalue weighted by Gasteiger charge is -2.13. The van der Waals surface area contributed by atoms with Crippen LogP contribution in [-0.2, 0) is 11.3 Å². The van der Waals surface area contributed by atoms with E-state index in [1.165, 1.54) is 5.56 Å². The van der Waals surface area contributed by atoms with Gasteiger partial charge in [0.1, 0.15) is 23.0 Å². The van der Waals surface area contributed by atoms with Gasteiger partial charge in [0.05, 0.1) is 0 Å². The van der Waals surface area contributed by atoms with Gasteiger partial charge in [0.15, 0.2) is 5.65 Å².